The molecule has 16 heavy (non-hydrogen) atoms. The summed E-state index contributed by atoms with van der Waals surface area (Å²) in [7, 11) is 1.97. The molecule has 0 spiro atoms. The Balaban J connectivity index is 2.44. The van der Waals surface area contributed by atoms with E-state index in [9.17, 15) is 4.79 Å². The fourth-order valence-corrected chi connectivity index (χ4v) is 2.51. The number of rotatable bonds is 4. The van der Waals surface area contributed by atoms with Gasteiger partial charge in [0.15, 0.2) is 0 Å². The second kappa shape index (κ2) is 5.70. The average molecular weight is 225 g/mol. The van der Waals surface area contributed by atoms with Gasteiger partial charge in [-0.1, -0.05) is 40.0 Å². The maximum atomic E-state index is 12.2. The highest BCUT2D eigenvalue weighted by Crippen LogP contribution is 2.27. The maximum Gasteiger partial charge on any atom is 0.227 e. The minimum atomic E-state index is -0.191. The number of nitrogens with zero attached hydrogens (tertiary/aromatic N) is 1. The van der Waals surface area contributed by atoms with Crippen molar-refractivity contribution >= 4 is 5.91 Å². The van der Waals surface area contributed by atoms with E-state index in [2.05, 4.69) is 6.92 Å². The van der Waals surface area contributed by atoms with Crippen LogP contribution in [-0.2, 0) is 4.79 Å². The molecule has 0 bridgehead atoms. The largest absolute Gasteiger partial charge is 0.345 e. The normalized spacial score (nSPS) is 18.5. The molecule has 2 heteroatoms. The van der Waals surface area contributed by atoms with Gasteiger partial charge in [-0.25, -0.2) is 0 Å². The number of carbonyl (C=O) groups excluding carboxylic acids is 1. The van der Waals surface area contributed by atoms with Crippen LogP contribution in [-0.4, -0.2) is 24.4 Å². The lowest BCUT2D eigenvalue weighted by Gasteiger charge is -2.32. The minimum absolute atomic E-state index is 0.191. The predicted octanol–water partition coefficient (Wildman–Crippen LogP) is 3.46. The molecule has 1 aliphatic carbocycles. The van der Waals surface area contributed by atoms with Gasteiger partial charge in [0.1, 0.15) is 0 Å². The van der Waals surface area contributed by atoms with Gasteiger partial charge >= 0.3 is 0 Å². The standard InChI is InChI=1S/C14H27NO/c1-5-14(2,3)13(16)15(4)11-12-9-7-6-8-10-12/h12H,5-11H2,1-4H3. The van der Waals surface area contributed by atoms with Crippen LogP contribution in [0.3, 0.4) is 0 Å². The highest BCUT2D eigenvalue weighted by Gasteiger charge is 2.29. The Kier molecular flexibility index (Phi) is 4.82. The molecule has 0 radical (unpaired) electrons. The van der Waals surface area contributed by atoms with E-state index >= 15 is 0 Å². The molecular formula is C14H27NO. The van der Waals surface area contributed by atoms with Gasteiger partial charge in [-0.3, -0.25) is 4.79 Å². The van der Waals surface area contributed by atoms with Gasteiger partial charge in [-0.05, 0) is 25.2 Å². The van der Waals surface area contributed by atoms with Crippen LogP contribution in [0.4, 0.5) is 0 Å². The Bertz CT molecular complexity index is 229. The van der Waals surface area contributed by atoms with Gasteiger partial charge in [0.2, 0.25) is 5.91 Å². The van der Waals surface area contributed by atoms with Crippen LogP contribution in [0.25, 0.3) is 0 Å². The summed E-state index contributed by atoms with van der Waals surface area (Å²) in [6, 6.07) is 0. The first-order valence-electron chi connectivity index (χ1n) is 6.73. The van der Waals surface area contributed by atoms with Crippen molar-refractivity contribution in [3.05, 3.63) is 0 Å². The van der Waals surface area contributed by atoms with Crippen LogP contribution >= 0.6 is 0 Å². The SMILES string of the molecule is CCC(C)(C)C(=O)N(C)CC1CCCCC1. The summed E-state index contributed by atoms with van der Waals surface area (Å²) in [5, 5.41) is 0. The zero-order chi connectivity index (χ0) is 12.2. The van der Waals surface area contributed by atoms with Crippen molar-refractivity contribution < 1.29 is 4.79 Å². The van der Waals surface area contributed by atoms with Crippen molar-refractivity contribution in [1.29, 1.82) is 0 Å². The van der Waals surface area contributed by atoms with E-state index in [0.717, 1.165) is 18.9 Å². The van der Waals surface area contributed by atoms with E-state index in [-0.39, 0.29) is 5.41 Å². The summed E-state index contributed by atoms with van der Waals surface area (Å²) in [5.41, 5.74) is -0.191. The summed E-state index contributed by atoms with van der Waals surface area (Å²) in [6.07, 6.45) is 7.62. The Labute approximate surface area is 100 Å². The number of hydrogen-bond donors (Lipinski definition) is 0. The summed E-state index contributed by atoms with van der Waals surface area (Å²) in [6.45, 7) is 7.15. The second-order valence-corrected chi connectivity index (χ2v) is 5.93. The Morgan fingerprint density at radius 2 is 1.81 bits per heavy atom. The van der Waals surface area contributed by atoms with Gasteiger partial charge in [-0.2, -0.15) is 0 Å². The van der Waals surface area contributed by atoms with Crippen molar-refractivity contribution in [3.63, 3.8) is 0 Å². The van der Waals surface area contributed by atoms with Crippen LogP contribution in [0.15, 0.2) is 0 Å². The molecule has 1 fully saturated rings. The van der Waals surface area contributed by atoms with E-state index in [1.165, 1.54) is 32.1 Å². The lowest BCUT2D eigenvalue weighted by Crippen LogP contribution is -2.40. The first-order chi connectivity index (χ1) is 7.47. The van der Waals surface area contributed by atoms with Crippen LogP contribution in [0, 0.1) is 11.3 Å². The van der Waals surface area contributed by atoms with E-state index < -0.39 is 0 Å². The molecular weight excluding hydrogens is 198 g/mol. The Morgan fingerprint density at radius 3 is 2.31 bits per heavy atom. The van der Waals surface area contributed by atoms with E-state index in [1.807, 2.05) is 25.8 Å². The van der Waals surface area contributed by atoms with Gasteiger partial charge in [0.25, 0.3) is 0 Å². The van der Waals surface area contributed by atoms with Gasteiger partial charge < -0.3 is 4.90 Å². The molecule has 2 nitrogen and oxygen atoms in total. The van der Waals surface area contributed by atoms with Crippen LogP contribution in [0.5, 0.6) is 0 Å². The molecule has 94 valence electrons. The third-order valence-corrected chi connectivity index (χ3v) is 4.07. The lowest BCUT2D eigenvalue weighted by molar-refractivity contribution is -0.139. The first-order valence-corrected chi connectivity index (χ1v) is 6.73. The van der Waals surface area contributed by atoms with Crippen molar-refractivity contribution in [2.45, 2.75) is 59.3 Å². The number of carbonyl (C=O) groups is 1. The second-order valence-electron chi connectivity index (χ2n) is 5.93. The fourth-order valence-electron chi connectivity index (χ4n) is 2.51. The maximum absolute atomic E-state index is 12.2. The number of hydrogen-bond acceptors (Lipinski definition) is 1. The quantitative estimate of drug-likeness (QED) is 0.717. The zero-order valence-corrected chi connectivity index (χ0v) is 11.4. The van der Waals surface area contributed by atoms with Crippen LogP contribution < -0.4 is 0 Å². The van der Waals surface area contributed by atoms with E-state index in [4.69, 9.17) is 0 Å². The third-order valence-electron chi connectivity index (χ3n) is 4.07. The molecule has 0 unspecified atom stereocenters. The lowest BCUT2D eigenvalue weighted by atomic mass is 9.86. The smallest absolute Gasteiger partial charge is 0.227 e. The molecule has 0 aromatic rings. The number of amides is 1. The average Bonchev–Trinajstić information content (AvgIpc) is 2.29. The molecule has 1 saturated carbocycles. The molecule has 0 aromatic heterocycles. The summed E-state index contributed by atoms with van der Waals surface area (Å²) >= 11 is 0. The summed E-state index contributed by atoms with van der Waals surface area (Å²) in [4.78, 5) is 14.2. The van der Waals surface area contributed by atoms with Crippen molar-refractivity contribution in [3.8, 4) is 0 Å². The van der Waals surface area contributed by atoms with Crippen molar-refractivity contribution in [2.24, 2.45) is 11.3 Å². The summed E-state index contributed by atoms with van der Waals surface area (Å²) in [5.74, 6) is 1.05. The molecule has 0 aromatic carbocycles. The molecule has 1 rings (SSSR count). The molecule has 0 atom stereocenters. The van der Waals surface area contributed by atoms with E-state index in [0.29, 0.717) is 5.91 Å². The highest BCUT2D eigenvalue weighted by molar-refractivity contribution is 5.81. The van der Waals surface area contributed by atoms with E-state index in [1.54, 1.807) is 0 Å². The minimum Gasteiger partial charge on any atom is -0.345 e. The van der Waals surface area contributed by atoms with Crippen LogP contribution in [0.1, 0.15) is 59.3 Å². The van der Waals surface area contributed by atoms with Gasteiger partial charge in [0.05, 0.1) is 0 Å². The fraction of sp³-hybridized carbons (Fsp3) is 0.929. The molecule has 0 N–H and O–H groups in total. The molecule has 0 aliphatic heterocycles. The molecule has 0 saturated heterocycles. The van der Waals surface area contributed by atoms with Gasteiger partial charge in [0, 0.05) is 19.0 Å². The molecule has 1 amide bonds. The topological polar surface area (TPSA) is 20.3 Å². The molecule has 1 aliphatic rings. The molecule has 0 heterocycles. The summed E-state index contributed by atoms with van der Waals surface area (Å²) < 4.78 is 0. The highest BCUT2D eigenvalue weighted by atomic mass is 16.2. The Morgan fingerprint density at radius 1 is 1.25 bits per heavy atom. The van der Waals surface area contributed by atoms with Crippen LogP contribution in [0.2, 0.25) is 0 Å². The van der Waals surface area contributed by atoms with Crippen molar-refractivity contribution in [2.75, 3.05) is 13.6 Å². The van der Waals surface area contributed by atoms with Crippen molar-refractivity contribution in [1.82, 2.24) is 4.90 Å². The zero-order valence-electron chi connectivity index (χ0n) is 11.4. The Hall–Kier alpha value is -0.530. The first kappa shape index (κ1) is 13.5. The monoisotopic (exact) mass is 225 g/mol. The van der Waals surface area contributed by atoms with Gasteiger partial charge in [-0.15, -0.1) is 0 Å². The predicted molar refractivity (Wildman–Crippen MR) is 68.3 cm³/mol. The third kappa shape index (κ3) is 3.50.